The third-order valence-corrected chi connectivity index (χ3v) is 3.58. The molecule has 1 heterocycles. The highest BCUT2D eigenvalue weighted by Crippen LogP contribution is 2.45. The molecule has 0 spiro atoms. The van der Waals surface area contributed by atoms with Crippen LogP contribution in [0.5, 0.6) is 0 Å². The molecule has 0 aliphatic heterocycles. The molecule has 3 rings (SSSR count). The van der Waals surface area contributed by atoms with Gasteiger partial charge in [0.15, 0.2) is 0 Å². The van der Waals surface area contributed by atoms with E-state index >= 15 is 0 Å². The summed E-state index contributed by atoms with van der Waals surface area (Å²) >= 11 is 0. The van der Waals surface area contributed by atoms with Crippen molar-refractivity contribution in [1.29, 1.82) is 0 Å². The van der Waals surface area contributed by atoms with Gasteiger partial charge in [-0.2, -0.15) is 5.10 Å². The highest BCUT2D eigenvalue weighted by molar-refractivity contribution is 5.86. The quantitative estimate of drug-likeness (QED) is 0.835. The second-order valence-corrected chi connectivity index (χ2v) is 4.76. The van der Waals surface area contributed by atoms with Gasteiger partial charge in [0.25, 0.3) is 0 Å². The van der Waals surface area contributed by atoms with E-state index in [4.69, 9.17) is 5.73 Å². The van der Waals surface area contributed by atoms with E-state index in [2.05, 4.69) is 41.8 Å². The third-order valence-electron chi connectivity index (χ3n) is 3.58. The van der Waals surface area contributed by atoms with Crippen molar-refractivity contribution in [3.05, 3.63) is 29.5 Å². The Balaban J connectivity index is 2.34. The SMILES string of the molecule is CCn1nc(C)c2c(C3(N)CC3)cccc21. The second-order valence-electron chi connectivity index (χ2n) is 4.76. The van der Waals surface area contributed by atoms with E-state index in [0.717, 1.165) is 25.1 Å². The van der Waals surface area contributed by atoms with Gasteiger partial charge in [0.05, 0.1) is 11.2 Å². The Hall–Kier alpha value is -1.35. The molecular formula is C13H17N3. The standard InChI is InChI=1S/C13H17N3/c1-3-16-11-6-4-5-10(13(14)7-8-13)12(11)9(2)15-16/h4-6H,3,7-8,14H2,1-2H3. The van der Waals surface area contributed by atoms with Crippen molar-refractivity contribution in [3.8, 4) is 0 Å². The Labute approximate surface area is 95.2 Å². The number of nitrogens with zero attached hydrogens (tertiary/aromatic N) is 2. The summed E-state index contributed by atoms with van der Waals surface area (Å²) in [5.74, 6) is 0. The van der Waals surface area contributed by atoms with Crippen LogP contribution >= 0.6 is 0 Å². The monoisotopic (exact) mass is 215 g/mol. The summed E-state index contributed by atoms with van der Waals surface area (Å²) in [6.07, 6.45) is 2.20. The fourth-order valence-electron chi connectivity index (χ4n) is 2.48. The summed E-state index contributed by atoms with van der Waals surface area (Å²) < 4.78 is 2.06. The first-order valence-electron chi connectivity index (χ1n) is 5.91. The van der Waals surface area contributed by atoms with Gasteiger partial charge in [-0.3, -0.25) is 4.68 Å². The van der Waals surface area contributed by atoms with Crippen molar-refractivity contribution < 1.29 is 0 Å². The van der Waals surface area contributed by atoms with Gasteiger partial charge < -0.3 is 5.73 Å². The Kier molecular flexibility index (Phi) is 1.89. The summed E-state index contributed by atoms with van der Waals surface area (Å²) in [7, 11) is 0. The maximum atomic E-state index is 6.32. The zero-order valence-electron chi connectivity index (χ0n) is 9.83. The first kappa shape index (κ1) is 9.85. The van der Waals surface area contributed by atoms with E-state index in [1.807, 2.05) is 0 Å². The number of aromatic nitrogens is 2. The maximum absolute atomic E-state index is 6.32. The second kappa shape index (κ2) is 3.08. The summed E-state index contributed by atoms with van der Waals surface area (Å²) in [6.45, 7) is 5.10. The molecule has 0 bridgehead atoms. The van der Waals surface area contributed by atoms with Crippen LogP contribution in [-0.2, 0) is 12.1 Å². The fraction of sp³-hybridized carbons (Fsp3) is 0.462. The molecule has 16 heavy (non-hydrogen) atoms. The van der Waals surface area contributed by atoms with Crippen molar-refractivity contribution >= 4 is 10.9 Å². The van der Waals surface area contributed by atoms with Crippen molar-refractivity contribution in [3.63, 3.8) is 0 Å². The van der Waals surface area contributed by atoms with Crippen LogP contribution in [0.2, 0.25) is 0 Å². The van der Waals surface area contributed by atoms with Crippen LogP contribution in [0.3, 0.4) is 0 Å². The number of fused-ring (bicyclic) bond motifs is 1. The van der Waals surface area contributed by atoms with Gasteiger partial charge in [-0.15, -0.1) is 0 Å². The number of nitrogens with two attached hydrogens (primary N) is 1. The highest BCUT2D eigenvalue weighted by atomic mass is 15.3. The first-order chi connectivity index (χ1) is 7.65. The molecule has 1 aromatic heterocycles. The van der Waals surface area contributed by atoms with Crippen LogP contribution in [-0.4, -0.2) is 9.78 Å². The van der Waals surface area contributed by atoms with Crippen molar-refractivity contribution in [2.75, 3.05) is 0 Å². The van der Waals surface area contributed by atoms with Gasteiger partial charge in [-0.05, 0) is 38.3 Å². The van der Waals surface area contributed by atoms with Crippen LogP contribution in [0.25, 0.3) is 10.9 Å². The summed E-state index contributed by atoms with van der Waals surface area (Å²) in [4.78, 5) is 0. The molecule has 1 aromatic carbocycles. The van der Waals surface area contributed by atoms with E-state index in [0.29, 0.717) is 0 Å². The third kappa shape index (κ3) is 1.21. The Morgan fingerprint density at radius 1 is 1.44 bits per heavy atom. The van der Waals surface area contributed by atoms with Crippen LogP contribution in [0, 0.1) is 6.92 Å². The minimum Gasteiger partial charge on any atom is -0.321 e. The van der Waals surface area contributed by atoms with E-state index in [1.54, 1.807) is 0 Å². The molecule has 2 N–H and O–H groups in total. The zero-order chi connectivity index (χ0) is 11.3. The van der Waals surface area contributed by atoms with E-state index in [9.17, 15) is 0 Å². The van der Waals surface area contributed by atoms with Crippen molar-refractivity contribution in [1.82, 2.24) is 9.78 Å². The number of rotatable bonds is 2. The lowest BCUT2D eigenvalue weighted by Crippen LogP contribution is -2.19. The molecule has 2 aromatic rings. The summed E-state index contributed by atoms with van der Waals surface area (Å²) in [5.41, 5.74) is 9.84. The van der Waals surface area contributed by atoms with Gasteiger partial charge in [-0.1, -0.05) is 12.1 Å². The normalized spacial score (nSPS) is 17.9. The molecule has 1 saturated carbocycles. The minimum atomic E-state index is -0.0775. The number of aryl methyl sites for hydroxylation is 2. The molecular weight excluding hydrogens is 198 g/mol. The minimum absolute atomic E-state index is 0.0775. The van der Waals surface area contributed by atoms with Gasteiger partial charge in [-0.25, -0.2) is 0 Å². The lowest BCUT2D eigenvalue weighted by atomic mass is 10.00. The number of hydrogen-bond acceptors (Lipinski definition) is 2. The van der Waals surface area contributed by atoms with Crippen LogP contribution in [0.15, 0.2) is 18.2 Å². The average Bonchev–Trinajstić information content (AvgIpc) is 2.95. The van der Waals surface area contributed by atoms with Crippen molar-refractivity contribution in [2.45, 2.75) is 38.8 Å². The topological polar surface area (TPSA) is 43.8 Å². The van der Waals surface area contributed by atoms with Crippen LogP contribution < -0.4 is 5.73 Å². The molecule has 0 atom stereocenters. The molecule has 0 radical (unpaired) electrons. The molecule has 0 saturated heterocycles. The molecule has 3 heteroatoms. The Morgan fingerprint density at radius 2 is 2.19 bits per heavy atom. The van der Waals surface area contributed by atoms with E-state index < -0.39 is 0 Å². The fourth-order valence-corrected chi connectivity index (χ4v) is 2.48. The Morgan fingerprint density at radius 3 is 2.81 bits per heavy atom. The summed E-state index contributed by atoms with van der Waals surface area (Å²) in [5, 5.41) is 5.84. The molecule has 1 fully saturated rings. The van der Waals surface area contributed by atoms with Crippen molar-refractivity contribution in [2.24, 2.45) is 5.73 Å². The van der Waals surface area contributed by atoms with Gasteiger partial charge in [0.2, 0.25) is 0 Å². The zero-order valence-corrected chi connectivity index (χ0v) is 9.83. The maximum Gasteiger partial charge on any atom is 0.0688 e. The van der Waals surface area contributed by atoms with Gasteiger partial charge in [0.1, 0.15) is 0 Å². The lowest BCUT2D eigenvalue weighted by Gasteiger charge is -2.11. The number of hydrogen-bond donors (Lipinski definition) is 1. The molecule has 1 aliphatic carbocycles. The number of benzene rings is 1. The molecule has 1 aliphatic rings. The molecule has 3 nitrogen and oxygen atoms in total. The Bertz CT molecular complexity index is 550. The van der Waals surface area contributed by atoms with Crippen LogP contribution in [0.1, 0.15) is 31.0 Å². The molecule has 0 unspecified atom stereocenters. The average molecular weight is 215 g/mol. The predicted octanol–water partition coefficient (Wildman–Crippen LogP) is 2.31. The first-order valence-corrected chi connectivity index (χ1v) is 5.91. The molecule has 84 valence electrons. The van der Waals surface area contributed by atoms with E-state index in [-0.39, 0.29) is 5.54 Å². The molecule has 0 amide bonds. The van der Waals surface area contributed by atoms with Gasteiger partial charge >= 0.3 is 0 Å². The van der Waals surface area contributed by atoms with E-state index in [1.165, 1.54) is 16.5 Å². The van der Waals surface area contributed by atoms with Crippen LogP contribution in [0.4, 0.5) is 0 Å². The summed E-state index contributed by atoms with van der Waals surface area (Å²) in [6, 6.07) is 6.38. The predicted molar refractivity (Wildman–Crippen MR) is 65.2 cm³/mol. The van der Waals surface area contributed by atoms with Gasteiger partial charge in [0, 0.05) is 17.5 Å². The highest BCUT2D eigenvalue weighted by Gasteiger charge is 2.41. The lowest BCUT2D eigenvalue weighted by molar-refractivity contribution is 0.676. The largest absolute Gasteiger partial charge is 0.321 e. The smallest absolute Gasteiger partial charge is 0.0688 e.